The monoisotopic (exact) mass is 208 g/mol. The van der Waals surface area contributed by atoms with Crippen molar-refractivity contribution < 1.29 is 4.92 Å². The topological polar surface area (TPSA) is 46.4 Å². The van der Waals surface area contributed by atoms with E-state index in [1.807, 2.05) is 38.4 Å². The van der Waals surface area contributed by atoms with Gasteiger partial charge in [-0.05, 0) is 25.2 Å². The number of nitro groups is 1. The summed E-state index contributed by atoms with van der Waals surface area (Å²) in [5.74, 6) is 0. The summed E-state index contributed by atoms with van der Waals surface area (Å²) in [6, 6.07) is 7.95. The van der Waals surface area contributed by atoms with Crippen LogP contribution < -0.4 is 0 Å². The Kier molecular flexibility index (Phi) is 4.24. The molecule has 0 bridgehead atoms. The fourth-order valence-electron chi connectivity index (χ4n) is 1.47. The quantitative estimate of drug-likeness (QED) is 0.545. The molecule has 0 heterocycles. The normalized spacial score (nSPS) is 10.6. The number of nitrogens with zero attached hydrogens (tertiary/aromatic N) is 2. The molecule has 1 rings (SSSR count). The summed E-state index contributed by atoms with van der Waals surface area (Å²) in [5, 5.41) is 10.2. The molecule has 0 aromatic heterocycles. The highest BCUT2D eigenvalue weighted by Crippen LogP contribution is 2.07. The number of hydrogen-bond donors (Lipinski definition) is 0. The van der Waals surface area contributed by atoms with Crippen molar-refractivity contribution in [1.82, 2.24) is 4.90 Å². The van der Waals surface area contributed by atoms with Gasteiger partial charge in [0.25, 0.3) is 0 Å². The van der Waals surface area contributed by atoms with Crippen LogP contribution in [0.3, 0.4) is 0 Å². The van der Waals surface area contributed by atoms with Crippen LogP contribution in [0.4, 0.5) is 0 Å². The van der Waals surface area contributed by atoms with E-state index in [4.69, 9.17) is 0 Å². The molecule has 15 heavy (non-hydrogen) atoms. The lowest BCUT2D eigenvalue weighted by molar-refractivity contribution is -0.479. The van der Waals surface area contributed by atoms with Crippen molar-refractivity contribution in [1.29, 1.82) is 0 Å². The number of benzene rings is 1. The maximum Gasteiger partial charge on any atom is 0.207 e. The molecule has 0 unspecified atom stereocenters. The molecule has 0 aliphatic carbocycles. The van der Waals surface area contributed by atoms with E-state index in [1.165, 1.54) is 5.56 Å². The van der Waals surface area contributed by atoms with Crippen molar-refractivity contribution in [3.05, 3.63) is 45.5 Å². The minimum absolute atomic E-state index is 0.00537. The van der Waals surface area contributed by atoms with Crippen molar-refractivity contribution >= 4 is 0 Å². The van der Waals surface area contributed by atoms with E-state index in [0.29, 0.717) is 6.42 Å². The molecular weight excluding hydrogens is 192 g/mol. The summed E-state index contributed by atoms with van der Waals surface area (Å²) in [4.78, 5) is 12.0. The van der Waals surface area contributed by atoms with Crippen LogP contribution in [0.1, 0.15) is 11.1 Å². The zero-order chi connectivity index (χ0) is 11.3. The lowest BCUT2D eigenvalue weighted by Gasteiger charge is -2.10. The maximum atomic E-state index is 10.2. The lowest BCUT2D eigenvalue weighted by Crippen LogP contribution is -2.11. The van der Waals surface area contributed by atoms with Crippen molar-refractivity contribution in [2.24, 2.45) is 0 Å². The Bertz CT molecular complexity index is 337. The van der Waals surface area contributed by atoms with E-state index in [1.54, 1.807) is 0 Å². The van der Waals surface area contributed by atoms with Gasteiger partial charge in [0.1, 0.15) is 0 Å². The summed E-state index contributed by atoms with van der Waals surface area (Å²) < 4.78 is 0. The average molecular weight is 208 g/mol. The van der Waals surface area contributed by atoms with E-state index in [2.05, 4.69) is 4.90 Å². The Labute approximate surface area is 89.7 Å². The summed E-state index contributed by atoms with van der Waals surface area (Å²) in [7, 11) is 4.01. The van der Waals surface area contributed by atoms with Gasteiger partial charge in [-0.3, -0.25) is 10.1 Å². The molecule has 0 aliphatic rings. The fraction of sp³-hybridized carbons (Fsp3) is 0.455. The van der Waals surface area contributed by atoms with Crippen LogP contribution in [0.5, 0.6) is 0 Å². The van der Waals surface area contributed by atoms with Gasteiger partial charge in [0.05, 0.1) is 0 Å². The van der Waals surface area contributed by atoms with Crippen LogP contribution in [-0.4, -0.2) is 30.5 Å². The molecule has 0 spiro atoms. The van der Waals surface area contributed by atoms with Crippen LogP contribution in [0.15, 0.2) is 24.3 Å². The maximum absolute atomic E-state index is 10.2. The smallest absolute Gasteiger partial charge is 0.207 e. The van der Waals surface area contributed by atoms with Gasteiger partial charge in [0, 0.05) is 17.9 Å². The molecule has 0 radical (unpaired) electrons. The first-order valence-electron chi connectivity index (χ1n) is 4.92. The number of rotatable bonds is 5. The van der Waals surface area contributed by atoms with Crippen molar-refractivity contribution in [2.45, 2.75) is 13.0 Å². The first kappa shape index (κ1) is 11.7. The second-order valence-corrected chi connectivity index (χ2v) is 3.86. The Morgan fingerprint density at radius 3 is 2.60 bits per heavy atom. The molecule has 0 fully saturated rings. The molecule has 1 aromatic rings. The van der Waals surface area contributed by atoms with Crippen LogP contribution in [0, 0.1) is 10.1 Å². The molecule has 4 heteroatoms. The van der Waals surface area contributed by atoms with Crippen molar-refractivity contribution in [2.75, 3.05) is 20.6 Å². The van der Waals surface area contributed by atoms with E-state index in [-0.39, 0.29) is 11.5 Å². The summed E-state index contributed by atoms with van der Waals surface area (Å²) in [5.41, 5.74) is 2.23. The van der Waals surface area contributed by atoms with Crippen LogP contribution in [0.2, 0.25) is 0 Å². The molecule has 0 saturated carbocycles. The Balaban J connectivity index is 2.61. The minimum atomic E-state index is -0.279. The lowest BCUT2D eigenvalue weighted by atomic mass is 10.1. The SMILES string of the molecule is CN(C)Cc1cccc(CC[N+](=O)[O-])c1. The molecule has 0 amide bonds. The van der Waals surface area contributed by atoms with E-state index in [9.17, 15) is 10.1 Å². The van der Waals surface area contributed by atoms with Gasteiger partial charge in [0.15, 0.2) is 0 Å². The van der Waals surface area contributed by atoms with Gasteiger partial charge in [-0.2, -0.15) is 0 Å². The van der Waals surface area contributed by atoms with Gasteiger partial charge >= 0.3 is 0 Å². The van der Waals surface area contributed by atoms with Crippen molar-refractivity contribution in [3.63, 3.8) is 0 Å². The predicted octanol–water partition coefficient (Wildman–Crippen LogP) is 1.57. The van der Waals surface area contributed by atoms with Crippen LogP contribution >= 0.6 is 0 Å². The highest BCUT2D eigenvalue weighted by molar-refractivity contribution is 5.23. The Morgan fingerprint density at radius 1 is 1.33 bits per heavy atom. The molecule has 0 N–H and O–H groups in total. The third-order valence-electron chi connectivity index (χ3n) is 2.07. The van der Waals surface area contributed by atoms with Crippen molar-refractivity contribution in [3.8, 4) is 0 Å². The van der Waals surface area contributed by atoms with Gasteiger partial charge in [-0.1, -0.05) is 24.3 Å². The van der Waals surface area contributed by atoms with Gasteiger partial charge in [0.2, 0.25) is 6.54 Å². The second-order valence-electron chi connectivity index (χ2n) is 3.86. The highest BCUT2D eigenvalue weighted by atomic mass is 16.6. The van der Waals surface area contributed by atoms with E-state index < -0.39 is 0 Å². The molecule has 1 aromatic carbocycles. The molecule has 0 atom stereocenters. The van der Waals surface area contributed by atoms with Gasteiger partial charge in [-0.15, -0.1) is 0 Å². The highest BCUT2D eigenvalue weighted by Gasteiger charge is 2.01. The summed E-state index contributed by atoms with van der Waals surface area (Å²) in [6.45, 7) is 0.873. The molecule has 0 saturated heterocycles. The molecule has 0 aliphatic heterocycles. The zero-order valence-electron chi connectivity index (χ0n) is 9.14. The summed E-state index contributed by atoms with van der Waals surface area (Å²) >= 11 is 0. The Morgan fingerprint density at radius 2 is 2.00 bits per heavy atom. The third kappa shape index (κ3) is 4.56. The predicted molar refractivity (Wildman–Crippen MR) is 59.4 cm³/mol. The molecule has 82 valence electrons. The van der Waals surface area contributed by atoms with E-state index in [0.717, 1.165) is 12.1 Å². The third-order valence-corrected chi connectivity index (χ3v) is 2.07. The Hall–Kier alpha value is -1.42. The fourth-order valence-corrected chi connectivity index (χ4v) is 1.47. The minimum Gasteiger partial charge on any atom is -0.305 e. The standard InChI is InChI=1S/C11H16N2O2/c1-12(2)9-11-5-3-4-10(8-11)6-7-13(14)15/h3-5,8H,6-7,9H2,1-2H3. The zero-order valence-corrected chi connectivity index (χ0v) is 9.14. The second kappa shape index (κ2) is 5.46. The largest absolute Gasteiger partial charge is 0.305 e. The molecular formula is C11H16N2O2. The first-order valence-corrected chi connectivity index (χ1v) is 4.92. The first-order chi connectivity index (χ1) is 7.08. The van der Waals surface area contributed by atoms with Crippen LogP contribution in [0.25, 0.3) is 0 Å². The average Bonchev–Trinajstić information content (AvgIpc) is 2.14. The van der Waals surface area contributed by atoms with Crippen LogP contribution in [-0.2, 0) is 13.0 Å². The van der Waals surface area contributed by atoms with E-state index >= 15 is 0 Å². The number of hydrogen-bond acceptors (Lipinski definition) is 3. The summed E-state index contributed by atoms with van der Waals surface area (Å²) in [6.07, 6.45) is 0.508. The molecule has 4 nitrogen and oxygen atoms in total. The van der Waals surface area contributed by atoms with Gasteiger partial charge in [-0.25, -0.2) is 0 Å². The van der Waals surface area contributed by atoms with Gasteiger partial charge < -0.3 is 4.90 Å².